The Morgan fingerprint density at radius 2 is 1.94 bits per heavy atom. The highest BCUT2D eigenvalue weighted by atomic mass is 19.4. The quantitative estimate of drug-likeness (QED) is 0.611. The summed E-state index contributed by atoms with van der Waals surface area (Å²) in [6, 6.07) is 5.55. The molecule has 3 aromatic rings. The molecule has 0 bridgehead atoms. The summed E-state index contributed by atoms with van der Waals surface area (Å²) in [6.45, 7) is 2.79. The summed E-state index contributed by atoms with van der Waals surface area (Å²) in [7, 11) is 0. The number of H-pyrrole nitrogens is 1. The van der Waals surface area contributed by atoms with Gasteiger partial charge >= 0.3 is 6.18 Å². The van der Waals surface area contributed by atoms with Crippen LogP contribution in [-0.4, -0.2) is 52.2 Å². The van der Waals surface area contributed by atoms with Crippen molar-refractivity contribution in [2.24, 2.45) is 0 Å². The van der Waals surface area contributed by atoms with Crippen molar-refractivity contribution in [2.45, 2.75) is 31.1 Å². The van der Waals surface area contributed by atoms with Crippen LogP contribution in [0, 0.1) is 5.82 Å². The fourth-order valence-electron chi connectivity index (χ4n) is 4.60. The number of aromatic nitrogens is 3. The second-order valence-corrected chi connectivity index (χ2v) is 7.88. The highest BCUT2D eigenvalue weighted by molar-refractivity contribution is 5.88. The van der Waals surface area contributed by atoms with Gasteiger partial charge in [-0.3, -0.25) is 4.90 Å². The summed E-state index contributed by atoms with van der Waals surface area (Å²) in [5, 5.41) is 3.64. The lowest BCUT2D eigenvalue weighted by molar-refractivity contribution is -0.140. The van der Waals surface area contributed by atoms with E-state index in [1.807, 2.05) is 0 Å². The van der Waals surface area contributed by atoms with Gasteiger partial charge in [0.25, 0.3) is 0 Å². The first-order chi connectivity index (χ1) is 14.9. The van der Waals surface area contributed by atoms with E-state index in [0.717, 1.165) is 43.1 Å². The SMILES string of the molecule is Fc1ccc2c(c1)CC[C@H](N1CCOCC1)[C@H]2Nc1ncnc2[nH]c(C(F)(F)F)cc12. The van der Waals surface area contributed by atoms with E-state index >= 15 is 0 Å². The summed E-state index contributed by atoms with van der Waals surface area (Å²) >= 11 is 0. The Morgan fingerprint density at radius 1 is 1.13 bits per heavy atom. The summed E-state index contributed by atoms with van der Waals surface area (Å²) < 4.78 is 58.9. The predicted molar refractivity (Wildman–Crippen MR) is 106 cm³/mol. The predicted octanol–water partition coefficient (Wildman–Crippen LogP) is 3.92. The fourth-order valence-corrected chi connectivity index (χ4v) is 4.60. The number of anilines is 1. The van der Waals surface area contributed by atoms with Gasteiger partial charge in [0.2, 0.25) is 0 Å². The zero-order valence-corrected chi connectivity index (χ0v) is 16.5. The molecule has 0 amide bonds. The minimum atomic E-state index is -4.51. The molecule has 0 radical (unpaired) electrons. The number of nitrogens with one attached hydrogen (secondary N) is 2. The van der Waals surface area contributed by atoms with E-state index in [2.05, 4.69) is 25.2 Å². The molecule has 31 heavy (non-hydrogen) atoms. The van der Waals surface area contributed by atoms with Crippen LogP contribution in [-0.2, 0) is 17.3 Å². The Hall–Kier alpha value is -2.72. The number of benzene rings is 1. The van der Waals surface area contributed by atoms with E-state index in [4.69, 9.17) is 4.74 Å². The maximum Gasteiger partial charge on any atom is 0.431 e. The number of halogens is 4. The molecule has 2 aliphatic rings. The van der Waals surface area contributed by atoms with Gasteiger partial charge in [-0.05, 0) is 42.2 Å². The third-order valence-electron chi connectivity index (χ3n) is 6.07. The lowest BCUT2D eigenvalue weighted by Crippen LogP contribution is -2.49. The second-order valence-electron chi connectivity index (χ2n) is 7.88. The lowest BCUT2D eigenvalue weighted by Gasteiger charge is -2.43. The van der Waals surface area contributed by atoms with E-state index in [9.17, 15) is 17.6 Å². The van der Waals surface area contributed by atoms with E-state index in [1.54, 1.807) is 6.07 Å². The van der Waals surface area contributed by atoms with Crippen molar-refractivity contribution in [1.82, 2.24) is 19.9 Å². The molecule has 1 aliphatic heterocycles. The van der Waals surface area contributed by atoms with E-state index in [-0.39, 0.29) is 28.9 Å². The largest absolute Gasteiger partial charge is 0.431 e. The molecule has 3 heterocycles. The van der Waals surface area contributed by atoms with Crippen molar-refractivity contribution in [3.8, 4) is 0 Å². The van der Waals surface area contributed by atoms with Crippen LogP contribution in [0.1, 0.15) is 29.3 Å². The molecule has 1 saturated heterocycles. The van der Waals surface area contributed by atoms with Crippen LogP contribution in [0.3, 0.4) is 0 Å². The number of hydrogen-bond donors (Lipinski definition) is 2. The number of rotatable bonds is 3. The molecule has 2 atom stereocenters. The first-order valence-electron chi connectivity index (χ1n) is 10.2. The first kappa shape index (κ1) is 20.2. The molecule has 10 heteroatoms. The van der Waals surface area contributed by atoms with Crippen LogP contribution in [0.15, 0.2) is 30.6 Å². The normalized spacial score (nSPS) is 22.5. The van der Waals surface area contributed by atoms with Crippen molar-refractivity contribution in [1.29, 1.82) is 0 Å². The van der Waals surface area contributed by atoms with Crippen molar-refractivity contribution < 1.29 is 22.3 Å². The number of nitrogens with zero attached hydrogens (tertiary/aromatic N) is 3. The van der Waals surface area contributed by atoms with E-state index < -0.39 is 11.9 Å². The third kappa shape index (κ3) is 3.85. The maximum atomic E-state index is 13.8. The monoisotopic (exact) mass is 435 g/mol. The number of aromatic amines is 1. The van der Waals surface area contributed by atoms with Gasteiger partial charge < -0.3 is 15.0 Å². The Labute approximate surface area is 175 Å². The number of fused-ring (bicyclic) bond motifs is 2. The van der Waals surface area contributed by atoms with Crippen LogP contribution >= 0.6 is 0 Å². The number of morpholine rings is 1. The van der Waals surface area contributed by atoms with E-state index in [0.29, 0.717) is 19.0 Å². The molecular weight excluding hydrogens is 414 g/mol. The minimum absolute atomic E-state index is 0.0768. The van der Waals surface area contributed by atoms with Gasteiger partial charge in [-0.25, -0.2) is 14.4 Å². The van der Waals surface area contributed by atoms with Crippen LogP contribution in [0.25, 0.3) is 11.0 Å². The topological polar surface area (TPSA) is 66.1 Å². The van der Waals surface area contributed by atoms with E-state index in [1.165, 1.54) is 18.5 Å². The third-order valence-corrected chi connectivity index (χ3v) is 6.07. The average Bonchev–Trinajstić information content (AvgIpc) is 3.20. The number of aryl methyl sites for hydroxylation is 1. The molecule has 0 unspecified atom stereocenters. The molecule has 1 fully saturated rings. The van der Waals surface area contributed by atoms with Gasteiger partial charge in [-0.1, -0.05) is 6.07 Å². The van der Waals surface area contributed by atoms with Crippen molar-refractivity contribution in [2.75, 3.05) is 31.6 Å². The van der Waals surface area contributed by atoms with Gasteiger partial charge in [0.05, 0.1) is 24.6 Å². The maximum absolute atomic E-state index is 13.8. The molecule has 5 rings (SSSR count). The summed E-state index contributed by atoms with van der Waals surface area (Å²) in [5.74, 6) is 0.0180. The molecule has 1 aromatic carbocycles. The summed E-state index contributed by atoms with van der Waals surface area (Å²) in [4.78, 5) is 12.8. The van der Waals surface area contributed by atoms with Gasteiger partial charge in [0, 0.05) is 19.1 Å². The summed E-state index contributed by atoms with van der Waals surface area (Å²) in [6.07, 6.45) is -1.75. The van der Waals surface area contributed by atoms with Gasteiger partial charge in [-0.2, -0.15) is 13.2 Å². The van der Waals surface area contributed by atoms with Crippen LogP contribution in [0.4, 0.5) is 23.4 Å². The smallest absolute Gasteiger partial charge is 0.379 e. The van der Waals surface area contributed by atoms with Gasteiger partial charge in [0.1, 0.15) is 29.3 Å². The summed E-state index contributed by atoms with van der Waals surface area (Å²) in [5.41, 5.74) is 1.07. The highest BCUT2D eigenvalue weighted by Gasteiger charge is 2.36. The number of hydrogen-bond acceptors (Lipinski definition) is 5. The Kier molecular flexibility index (Phi) is 5.05. The molecular formula is C21H21F4N5O. The van der Waals surface area contributed by atoms with Crippen LogP contribution < -0.4 is 5.32 Å². The Bertz CT molecular complexity index is 1090. The molecule has 164 valence electrons. The zero-order chi connectivity index (χ0) is 21.6. The molecule has 1 aliphatic carbocycles. The van der Waals surface area contributed by atoms with Gasteiger partial charge in [0.15, 0.2) is 0 Å². The first-order valence-corrected chi connectivity index (χ1v) is 10.2. The number of alkyl halides is 3. The highest BCUT2D eigenvalue weighted by Crippen LogP contribution is 2.38. The molecule has 6 nitrogen and oxygen atoms in total. The molecule has 2 N–H and O–H groups in total. The second kappa shape index (κ2) is 7.76. The van der Waals surface area contributed by atoms with Crippen molar-refractivity contribution in [3.63, 3.8) is 0 Å². The zero-order valence-electron chi connectivity index (χ0n) is 16.5. The van der Waals surface area contributed by atoms with Crippen LogP contribution in [0.2, 0.25) is 0 Å². The standard InChI is InChI=1S/C21H21F4N5O/c22-13-2-3-14-12(9-13)1-4-16(30-5-7-31-8-6-30)18(14)29-20-15-10-17(21(23,24)25)28-19(15)26-11-27-20/h2-3,9-11,16,18H,1,4-8H2,(H2,26,27,28,29)/t16-,18-/m0/s1. The fraction of sp³-hybridized carbons (Fsp3) is 0.429. The van der Waals surface area contributed by atoms with Crippen molar-refractivity contribution >= 4 is 16.9 Å². The average molecular weight is 435 g/mol. The lowest BCUT2D eigenvalue weighted by atomic mass is 9.83. The Morgan fingerprint density at radius 3 is 2.71 bits per heavy atom. The van der Waals surface area contributed by atoms with Gasteiger partial charge in [-0.15, -0.1) is 0 Å². The molecule has 0 spiro atoms. The minimum Gasteiger partial charge on any atom is -0.379 e. The molecule has 2 aromatic heterocycles. The van der Waals surface area contributed by atoms with Crippen LogP contribution in [0.5, 0.6) is 0 Å². The molecule has 0 saturated carbocycles. The number of ether oxygens (including phenoxy) is 1. The Balaban J connectivity index is 1.55. The van der Waals surface area contributed by atoms with Crippen molar-refractivity contribution in [3.05, 3.63) is 53.2 Å².